The van der Waals surface area contributed by atoms with E-state index in [1.807, 2.05) is 0 Å². The third kappa shape index (κ3) is 3.50. The molecule has 0 aliphatic carbocycles. The Hall–Kier alpha value is -0.870. The van der Waals surface area contributed by atoms with E-state index in [-0.39, 0.29) is 6.42 Å². The fourth-order valence-electron chi connectivity index (χ4n) is 0.419. The first kappa shape index (κ1) is 11.1. The van der Waals surface area contributed by atoms with Crippen LogP contribution in [0.4, 0.5) is 0 Å². The number of rotatable bonds is 3. The van der Waals surface area contributed by atoms with Gasteiger partial charge in [-0.05, 0) is 13.8 Å². The Morgan fingerprint density at radius 1 is 1.58 bits per heavy atom. The minimum Gasteiger partial charge on any atom is -0.405 e. The van der Waals surface area contributed by atoms with Crippen molar-refractivity contribution in [2.45, 2.75) is 33.2 Å². The van der Waals surface area contributed by atoms with Gasteiger partial charge < -0.3 is 14.9 Å². The van der Waals surface area contributed by atoms with Gasteiger partial charge in [-0.1, -0.05) is 13.0 Å². The Bertz CT molecular complexity index is 193. The molecule has 0 spiro atoms. The smallest absolute Gasteiger partial charge is 0.337 e. The van der Waals surface area contributed by atoms with Crippen molar-refractivity contribution in [3.05, 3.63) is 11.6 Å². The first-order valence-corrected chi connectivity index (χ1v) is 3.74. The van der Waals surface area contributed by atoms with Crippen molar-refractivity contribution in [2.24, 2.45) is 0 Å². The summed E-state index contributed by atoms with van der Waals surface area (Å²) < 4.78 is 4.34. The molecule has 2 N–H and O–H groups in total. The molecule has 0 fully saturated rings. The Balaban J connectivity index is 4.19. The normalized spacial score (nSPS) is 12.9. The highest BCUT2D eigenvalue weighted by atomic mass is 16.8. The zero-order chi connectivity index (χ0) is 9.78. The third-order valence-electron chi connectivity index (χ3n) is 1.47. The SMILES string of the molecule is CC=C(C)C(=O)OC(O)(O)CC. The van der Waals surface area contributed by atoms with Gasteiger partial charge >= 0.3 is 11.9 Å². The van der Waals surface area contributed by atoms with Crippen LogP contribution in [0, 0.1) is 0 Å². The van der Waals surface area contributed by atoms with E-state index in [9.17, 15) is 4.79 Å². The second-order valence-corrected chi connectivity index (χ2v) is 2.46. The number of hydrogen-bond acceptors (Lipinski definition) is 4. The molecule has 4 nitrogen and oxygen atoms in total. The predicted octanol–water partition coefficient (Wildman–Crippen LogP) is 0.544. The van der Waals surface area contributed by atoms with Crippen molar-refractivity contribution in [2.75, 3.05) is 0 Å². The monoisotopic (exact) mass is 174 g/mol. The van der Waals surface area contributed by atoms with E-state index in [0.717, 1.165) is 0 Å². The molecule has 4 heteroatoms. The Morgan fingerprint density at radius 3 is 2.42 bits per heavy atom. The highest BCUT2D eigenvalue weighted by Crippen LogP contribution is 2.09. The van der Waals surface area contributed by atoms with Crippen molar-refractivity contribution in [1.29, 1.82) is 0 Å². The summed E-state index contributed by atoms with van der Waals surface area (Å²) in [6.45, 7) is 4.70. The van der Waals surface area contributed by atoms with Crippen molar-refractivity contribution in [1.82, 2.24) is 0 Å². The van der Waals surface area contributed by atoms with Crippen molar-refractivity contribution < 1.29 is 19.7 Å². The summed E-state index contributed by atoms with van der Waals surface area (Å²) in [5.41, 5.74) is 0.343. The van der Waals surface area contributed by atoms with Crippen molar-refractivity contribution >= 4 is 5.97 Å². The number of carbonyl (C=O) groups is 1. The molecule has 70 valence electrons. The van der Waals surface area contributed by atoms with Gasteiger partial charge in [-0.15, -0.1) is 0 Å². The summed E-state index contributed by atoms with van der Waals surface area (Å²) in [7, 11) is 0. The fourth-order valence-corrected chi connectivity index (χ4v) is 0.419. The van der Waals surface area contributed by atoms with Gasteiger partial charge in [0.2, 0.25) is 0 Å². The molecular formula is C8H14O4. The zero-order valence-corrected chi connectivity index (χ0v) is 7.50. The van der Waals surface area contributed by atoms with E-state index >= 15 is 0 Å². The maximum atomic E-state index is 10.9. The molecule has 0 aromatic carbocycles. The minimum atomic E-state index is -2.35. The van der Waals surface area contributed by atoms with E-state index in [1.54, 1.807) is 6.92 Å². The molecule has 0 bridgehead atoms. The van der Waals surface area contributed by atoms with Crippen LogP contribution in [0.15, 0.2) is 11.6 Å². The first-order valence-electron chi connectivity index (χ1n) is 3.74. The Kier molecular flexibility index (Phi) is 3.92. The maximum Gasteiger partial charge on any atom is 0.337 e. The molecule has 0 aromatic rings. The molecule has 0 heterocycles. The summed E-state index contributed by atoms with van der Waals surface area (Å²) in [5, 5.41) is 17.8. The molecule has 0 saturated heterocycles. The molecule has 0 amide bonds. The molecule has 0 unspecified atom stereocenters. The molecule has 0 saturated carbocycles. The van der Waals surface area contributed by atoms with Crippen LogP contribution >= 0.6 is 0 Å². The summed E-state index contributed by atoms with van der Waals surface area (Å²) >= 11 is 0. The number of hydrogen-bond donors (Lipinski definition) is 2. The summed E-state index contributed by atoms with van der Waals surface area (Å²) in [6.07, 6.45) is 1.48. The van der Waals surface area contributed by atoms with Crippen molar-refractivity contribution in [3.63, 3.8) is 0 Å². The van der Waals surface area contributed by atoms with Gasteiger partial charge in [-0.2, -0.15) is 0 Å². The second-order valence-electron chi connectivity index (χ2n) is 2.46. The standard InChI is InChI=1S/C8H14O4/c1-4-6(3)7(9)12-8(10,11)5-2/h4,10-11H,5H2,1-3H3. The number of carbonyl (C=O) groups excluding carboxylic acids is 1. The van der Waals surface area contributed by atoms with Gasteiger partial charge in [-0.3, -0.25) is 0 Å². The molecule has 0 atom stereocenters. The summed E-state index contributed by atoms with van der Waals surface area (Å²) in [6, 6.07) is 0. The molecule has 0 aliphatic heterocycles. The largest absolute Gasteiger partial charge is 0.405 e. The Labute approximate surface area is 71.5 Å². The van der Waals surface area contributed by atoms with E-state index < -0.39 is 11.9 Å². The van der Waals surface area contributed by atoms with E-state index in [2.05, 4.69) is 4.74 Å². The zero-order valence-electron chi connectivity index (χ0n) is 7.50. The third-order valence-corrected chi connectivity index (χ3v) is 1.47. The number of allylic oxidation sites excluding steroid dienone is 1. The van der Waals surface area contributed by atoms with Gasteiger partial charge in [0.05, 0.1) is 0 Å². The number of esters is 1. The Morgan fingerprint density at radius 2 is 2.08 bits per heavy atom. The van der Waals surface area contributed by atoms with Crippen molar-refractivity contribution in [3.8, 4) is 0 Å². The highest BCUT2D eigenvalue weighted by Gasteiger charge is 2.25. The highest BCUT2D eigenvalue weighted by molar-refractivity contribution is 5.87. The average Bonchev–Trinajstić information content (AvgIpc) is 2.02. The lowest BCUT2D eigenvalue weighted by atomic mass is 10.3. The lowest BCUT2D eigenvalue weighted by Gasteiger charge is -2.19. The molecule has 12 heavy (non-hydrogen) atoms. The first-order chi connectivity index (χ1) is 5.43. The molecule has 0 radical (unpaired) electrons. The number of ether oxygens (including phenoxy) is 1. The lowest BCUT2D eigenvalue weighted by Crippen LogP contribution is -2.33. The van der Waals surface area contributed by atoms with E-state index in [0.29, 0.717) is 5.57 Å². The van der Waals surface area contributed by atoms with Gasteiger partial charge in [-0.25, -0.2) is 4.79 Å². The van der Waals surface area contributed by atoms with Crippen LogP contribution in [0.5, 0.6) is 0 Å². The van der Waals surface area contributed by atoms with E-state index in [4.69, 9.17) is 10.2 Å². The van der Waals surface area contributed by atoms with Crippen LogP contribution in [-0.2, 0) is 9.53 Å². The number of aliphatic hydroxyl groups is 2. The van der Waals surface area contributed by atoms with Gasteiger partial charge in [0.15, 0.2) is 0 Å². The molecule has 0 rings (SSSR count). The van der Waals surface area contributed by atoms with Gasteiger partial charge in [0, 0.05) is 12.0 Å². The summed E-state index contributed by atoms with van der Waals surface area (Å²) in [4.78, 5) is 10.9. The molecule has 0 aromatic heterocycles. The second kappa shape index (κ2) is 4.23. The molecule has 0 aliphatic rings. The average molecular weight is 174 g/mol. The van der Waals surface area contributed by atoms with Crippen LogP contribution in [0.25, 0.3) is 0 Å². The predicted molar refractivity (Wildman–Crippen MR) is 43.0 cm³/mol. The van der Waals surface area contributed by atoms with Crippen LogP contribution < -0.4 is 0 Å². The van der Waals surface area contributed by atoms with Crippen LogP contribution in [0.1, 0.15) is 27.2 Å². The van der Waals surface area contributed by atoms with Crippen LogP contribution in [-0.4, -0.2) is 22.2 Å². The van der Waals surface area contributed by atoms with Gasteiger partial charge in [0.1, 0.15) is 0 Å². The van der Waals surface area contributed by atoms with E-state index in [1.165, 1.54) is 19.9 Å². The molecular weight excluding hydrogens is 160 g/mol. The summed E-state index contributed by atoms with van der Waals surface area (Å²) in [5.74, 6) is -3.06. The minimum absolute atomic E-state index is 0.0598. The van der Waals surface area contributed by atoms with Gasteiger partial charge in [0.25, 0.3) is 0 Å². The van der Waals surface area contributed by atoms with Crippen LogP contribution in [0.3, 0.4) is 0 Å². The van der Waals surface area contributed by atoms with Crippen LogP contribution in [0.2, 0.25) is 0 Å². The quantitative estimate of drug-likeness (QED) is 0.372. The topological polar surface area (TPSA) is 66.8 Å². The fraction of sp³-hybridized carbons (Fsp3) is 0.625. The maximum absolute atomic E-state index is 10.9. The lowest BCUT2D eigenvalue weighted by molar-refractivity contribution is -0.317.